The van der Waals surface area contributed by atoms with Crippen LogP contribution in [0.15, 0.2) is 71.6 Å². The Morgan fingerprint density at radius 1 is 0.971 bits per heavy atom. The summed E-state index contributed by atoms with van der Waals surface area (Å²) in [6.45, 7) is 0. The van der Waals surface area contributed by atoms with Gasteiger partial charge in [-0.05, 0) is 66.9 Å². The van der Waals surface area contributed by atoms with E-state index < -0.39 is 11.6 Å². The lowest BCUT2D eigenvalue weighted by Crippen LogP contribution is -2.49. The molecule has 2 aliphatic heterocycles. The molecular weight excluding hydrogens is 476 g/mol. The third-order valence-corrected chi connectivity index (χ3v) is 7.87. The Bertz CT molecular complexity index is 1160. The molecule has 3 aromatic rings. The zero-order valence-corrected chi connectivity index (χ0v) is 20.0. The third-order valence-electron chi connectivity index (χ3n) is 6.53. The molecule has 2 bridgehead atoms. The number of rotatable bonds is 6. The minimum Gasteiger partial charge on any atom is -0.487 e. The van der Waals surface area contributed by atoms with Crippen molar-refractivity contribution < 1.29 is 18.3 Å². The highest BCUT2D eigenvalue weighted by molar-refractivity contribution is 7.98. The molecule has 0 radical (unpaired) electrons. The van der Waals surface area contributed by atoms with Crippen LogP contribution in [0.5, 0.6) is 5.75 Å². The Kier molecular flexibility index (Phi) is 6.79. The van der Waals surface area contributed by atoms with Crippen molar-refractivity contribution >= 4 is 29.3 Å². The van der Waals surface area contributed by atoms with Crippen LogP contribution in [0.25, 0.3) is 0 Å². The van der Waals surface area contributed by atoms with Gasteiger partial charge in [0.25, 0.3) is 5.91 Å². The molecule has 7 heteroatoms. The Labute approximate surface area is 207 Å². The Morgan fingerprint density at radius 3 is 2.29 bits per heavy atom. The van der Waals surface area contributed by atoms with Crippen molar-refractivity contribution in [2.75, 3.05) is 0 Å². The summed E-state index contributed by atoms with van der Waals surface area (Å²) in [6, 6.07) is 19.1. The summed E-state index contributed by atoms with van der Waals surface area (Å²) in [4.78, 5) is 16.4. The summed E-state index contributed by atoms with van der Waals surface area (Å²) in [6.07, 6.45) is 2.94. The van der Waals surface area contributed by atoms with Crippen LogP contribution in [0.1, 0.15) is 41.6 Å². The Morgan fingerprint density at radius 2 is 1.65 bits per heavy atom. The largest absolute Gasteiger partial charge is 0.487 e. The highest BCUT2D eigenvalue weighted by atomic mass is 35.5. The smallest absolute Gasteiger partial charge is 0.254 e. The predicted octanol–water partition coefficient (Wildman–Crippen LogP) is 7.13. The van der Waals surface area contributed by atoms with E-state index >= 15 is 0 Å². The van der Waals surface area contributed by atoms with Crippen molar-refractivity contribution in [3.05, 3.63) is 94.5 Å². The zero-order chi connectivity index (χ0) is 23.7. The minimum atomic E-state index is -0.694. The fraction of sp³-hybridized carbons (Fsp3) is 0.296. The van der Waals surface area contributed by atoms with Crippen LogP contribution in [-0.4, -0.2) is 29.0 Å². The first-order chi connectivity index (χ1) is 16.5. The fourth-order valence-corrected chi connectivity index (χ4v) is 5.88. The zero-order valence-electron chi connectivity index (χ0n) is 18.4. The molecule has 0 saturated carbocycles. The predicted molar refractivity (Wildman–Crippen MR) is 130 cm³/mol. The molecule has 0 spiro atoms. The van der Waals surface area contributed by atoms with Crippen molar-refractivity contribution in [2.24, 2.45) is 0 Å². The standard InChI is InChI=1S/C27H24ClF2NO2S/c28-19-5-10-24(11-6-19)34-16-17-1-3-18(4-2-17)27(32)31-21-8-9-22(31)15-23(14-21)33-26-12-7-20(29)13-25(26)30/h1-7,10-13,21-23H,8-9,14-16H2/t21-,22-/m0/s1. The number of thioether (sulfide) groups is 1. The Balaban J connectivity index is 1.20. The lowest BCUT2D eigenvalue weighted by atomic mass is 9.98. The first-order valence-corrected chi connectivity index (χ1v) is 12.7. The van der Waals surface area contributed by atoms with Gasteiger partial charge in [-0.3, -0.25) is 4.79 Å². The van der Waals surface area contributed by atoms with E-state index in [4.69, 9.17) is 16.3 Å². The number of nitrogens with zero attached hydrogens (tertiary/aromatic N) is 1. The second-order valence-corrected chi connectivity index (χ2v) is 10.3. The Hall–Kier alpha value is -2.57. The molecule has 3 nitrogen and oxygen atoms in total. The minimum absolute atomic E-state index is 0.0378. The molecular formula is C27H24ClF2NO2S. The highest BCUT2D eigenvalue weighted by Gasteiger charge is 2.44. The summed E-state index contributed by atoms with van der Waals surface area (Å²) >= 11 is 7.66. The van der Waals surface area contributed by atoms with Crippen molar-refractivity contribution in [1.29, 1.82) is 0 Å². The molecule has 176 valence electrons. The van der Waals surface area contributed by atoms with Gasteiger partial charge in [0.15, 0.2) is 11.6 Å². The first kappa shape index (κ1) is 23.2. The van der Waals surface area contributed by atoms with Gasteiger partial charge in [0, 0.05) is 52.2 Å². The molecule has 0 unspecified atom stereocenters. The molecule has 2 fully saturated rings. The molecule has 2 aliphatic rings. The lowest BCUT2D eigenvalue weighted by Gasteiger charge is -2.39. The maximum atomic E-state index is 14.0. The third kappa shape index (κ3) is 5.08. The molecule has 5 rings (SSSR count). The summed E-state index contributed by atoms with van der Waals surface area (Å²) in [5.41, 5.74) is 1.83. The van der Waals surface area contributed by atoms with Crippen molar-refractivity contribution in [3.8, 4) is 5.75 Å². The van der Waals surface area contributed by atoms with E-state index in [0.717, 1.165) is 40.1 Å². The van der Waals surface area contributed by atoms with Gasteiger partial charge in [0.1, 0.15) is 11.9 Å². The van der Waals surface area contributed by atoms with Crippen LogP contribution in [0.3, 0.4) is 0 Å². The molecule has 34 heavy (non-hydrogen) atoms. The first-order valence-electron chi connectivity index (χ1n) is 11.4. The lowest BCUT2D eigenvalue weighted by molar-refractivity contribution is 0.0349. The molecule has 0 aliphatic carbocycles. The average Bonchev–Trinajstić information content (AvgIpc) is 3.10. The monoisotopic (exact) mass is 499 g/mol. The number of amides is 1. The molecule has 2 atom stereocenters. The van der Waals surface area contributed by atoms with E-state index in [1.807, 2.05) is 53.4 Å². The number of benzene rings is 3. The van der Waals surface area contributed by atoms with Crippen molar-refractivity contribution in [1.82, 2.24) is 4.90 Å². The molecule has 2 saturated heterocycles. The van der Waals surface area contributed by atoms with Crippen LogP contribution in [0.4, 0.5) is 8.78 Å². The molecule has 3 aromatic carbocycles. The van der Waals surface area contributed by atoms with E-state index in [2.05, 4.69) is 0 Å². The fourth-order valence-electron chi connectivity index (χ4n) is 4.90. The van der Waals surface area contributed by atoms with Gasteiger partial charge >= 0.3 is 0 Å². The average molecular weight is 500 g/mol. The van der Waals surface area contributed by atoms with Gasteiger partial charge in [-0.1, -0.05) is 23.7 Å². The summed E-state index contributed by atoms with van der Waals surface area (Å²) in [5.74, 6) is -0.405. The molecule has 0 aromatic heterocycles. The van der Waals surface area contributed by atoms with Crippen LogP contribution >= 0.6 is 23.4 Å². The number of fused-ring (bicyclic) bond motifs is 2. The van der Waals surface area contributed by atoms with Gasteiger partial charge in [0.05, 0.1) is 0 Å². The van der Waals surface area contributed by atoms with Gasteiger partial charge in [-0.25, -0.2) is 8.78 Å². The summed E-state index contributed by atoms with van der Waals surface area (Å²) in [5, 5.41) is 0.722. The number of hydrogen-bond acceptors (Lipinski definition) is 3. The number of ether oxygens (including phenoxy) is 1. The van der Waals surface area contributed by atoms with Gasteiger partial charge < -0.3 is 9.64 Å². The molecule has 0 N–H and O–H groups in total. The second-order valence-electron chi connectivity index (χ2n) is 8.82. The van der Waals surface area contributed by atoms with Crippen LogP contribution in [0, 0.1) is 11.6 Å². The van der Waals surface area contributed by atoms with E-state index in [1.165, 1.54) is 12.1 Å². The molecule has 2 heterocycles. The molecule has 1 amide bonds. The number of hydrogen-bond donors (Lipinski definition) is 0. The second kappa shape index (κ2) is 9.96. The SMILES string of the molecule is O=C(c1ccc(CSc2ccc(Cl)cc2)cc1)N1[C@H]2CC[C@H]1CC(Oc1ccc(F)cc1F)C2. The van der Waals surface area contributed by atoms with Crippen molar-refractivity contribution in [2.45, 2.75) is 54.5 Å². The van der Waals surface area contributed by atoms with Crippen molar-refractivity contribution in [3.63, 3.8) is 0 Å². The normalized spacial score (nSPS) is 21.5. The van der Waals surface area contributed by atoms with Gasteiger partial charge in [-0.2, -0.15) is 0 Å². The quantitative estimate of drug-likeness (QED) is 0.338. The van der Waals surface area contributed by atoms with Gasteiger partial charge in [0.2, 0.25) is 0 Å². The number of halogens is 3. The van der Waals surface area contributed by atoms with Crippen LogP contribution < -0.4 is 4.74 Å². The summed E-state index contributed by atoms with van der Waals surface area (Å²) in [7, 11) is 0. The topological polar surface area (TPSA) is 29.5 Å². The van der Waals surface area contributed by atoms with E-state index in [1.54, 1.807) is 11.8 Å². The maximum Gasteiger partial charge on any atom is 0.254 e. The number of carbonyl (C=O) groups is 1. The highest BCUT2D eigenvalue weighted by Crippen LogP contribution is 2.38. The van der Waals surface area contributed by atoms with E-state index in [0.29, 0.717) is 18.4 Å². The summed E-state index contributed by atoms with van der Waals surface area (Å²) < 4.78 is 33.0. The van der Waals surface area contributed by atoms with E-state index in [-0.39, 0.29) is 29.8 Å². The van der Waals surface area contributed by atoms with Crippen LogP contribution in [0.2, 0.25) is 5.02 Å². The van der Waals surface area contributed by atoms with Gasteiger partial charge in [-0.15, -0.1) is 11.8 Å². The maximum absolute atomic E-state index is 14.0. The van der Waals surface area contributed by atoms with Crippen LogP contribution in [-0.2, 0) is 5.75 Å². The number of piperidine rings is 1. The number of carbonyl (C=O) groups excluding carboxylic acids is 1. The van der Waals surface area contributed by atoms with E-state index in [9.17, 15) is 13.6 Å².